The lowest BCUT2D eigenvalue weighted by Crippen LogP contribution is -2.39. The molecular weight excluding hydrogens is 194 g/mol. The lowest BCUT2D eigenvalue weighted by Gasteiger charge is -2.25. The van der Waals surface area contributed by atoms with Crippen molar-refractivity contribution in [1.82, 2.24) is 5.32 Å². The number of nitrogens with one attached hydrogen (secondary N) is 1. The number of hydrogen-bond acceptors (Lipinski definition) is 1. The monoisotopic (exact) mass is 225 g/mol. The predicted molar refractivity (Wildman–Crippen MR) is 72.6 cm³/mol. The first-order chi connectivity index (χ1) is 7.34. The molecule has 0 aliphatic heterocycles. The fourth-order valence-corrected chi connectivity index (χ4v) is 3.32. The molecule has 1 saturated carbocycles. The van der Waals surface area contributed by atoms with Crippen molar-refractivity contribution in [2.24, 2.45) is 17.3 Å². The first kappa shape index (κ1) is 14.0. The van der Waals surface area contributed by atoms with E-state index in [1.54, 1.807) is 0 Å². The van der Waals surface area contributed by atoms with E-state index in [2.05, 4.69) is 46.9 Å². The van der Waals surface area contributed by atoms with Crippen LogP contribution in [0.2, 0.25) is 0 Å². The minimum atomic E-state index is 0.549. The van der Waals surface area contributed by atoms with E-state index in [0.29, 0.717) is 11.5 Å². The molecule has 1 heteroatoms. The van der Waals surface area contributed by atoms with Crippen molar-refractivity contribution in [3.05, 3.63) is 0 Å². The molecule has 1 fully saturated rings. The van der Waals surface area contributed by atoms with Gasteiger partial charge in [0.15, 0.2) is 0 Å². The Bertz CT molecular complexity index is 209. The summed E-state index contributed by atoms with van der Waals surface area (Å²) in [5.41, 5.74) is 0.549. The van der Waals surface area contributed by atoms with Crippen LogP contribution in [0.5, 0.6) is 0 Å². The van der Waals surface area contributed by atoms with E-state index in [4.69, 9.17) is 0 Å². The highest BCUT2D eigenvalue weighted by Crippen LogP contribution is 2.41. The molecule has 0 radical (unpaired) electrons. The molecule has 4 unspecified atom stereocenters. The van der Waals surface area contributed by atoms with Crippen LogP contribution in [0.15, 0.2) is 0 Å². The third kappa shape index (κ3) is 4.08. The quantitative estimate of drug-likeness (QED) is 0.738. The topological polar surface area (TPSA) is 12.0 Å². The number of hydrogen-bond donors (Lipinski definition) is 1. The molecule has 0 aromatic rings. The SMILES string of the molecule is CCC(C)CC(C)NC1CC(C)(C)CC1C. The lowest BCUT2D eigenvalue weighted by molar-refractivity contribution is 0.330. The zero-order valence-electron chi connectivity index (χ0n) is 12.1. The van der Waals surface area contributed by atoms with Gasteiger partial charge in [-0.25, -0.2) is 0 Å². The van der Waals surface area contributed by atoms with E-state index in [0.717, 1.165) is 17.9 Å². The highest BCUT2D eigenvalue weighted by atomic mass is 15.0. The summed E-state index contributed by atoms with van der Waals surface area (Å²) in [6, 6.07) is 1.42. The molecule has 0 aromatic heterocycles. The van der Waals surface area contributed by atoms with Gasteiger partial charge < -0.3 is 5.32 Å². The van der Waals surface area contributed by atoms with Gasteiger partial charge in [0.2, 0.25) is 0 Å². The van der Waals surface area contributed by atoms with Crippen LogP contribution in [0.25, 0.3) is 0 Å². The Hall–Kier alpha value is -0.0400. The normalized spacial score (nSPS) is 32.6. The largest absolute Gasteiger partial charge is 0.311 e. The van der Waals surface area contributed by atoms with Gasteiger partial charge >= 0.3 is 0 Å². The average molecular weight is 225 g/mol. The molecule has 0 saturated heterocycles. The summed E-state index contributed by atoms with van der Waals surface area (Å²) in [7, 11) is 0. The molecule has 1 nitrogen and oxygen atoms in total. The van der Waals surface area contributed by atoms with Crippen molar-refractivity contribution >= 4 is 0 Å². The summed E-state index contributed by atoms with van der Waals surface area (Å²) < 4.78 is 0. The van der Waals surface area contributed by atoms with Gasteiger partial charge in [-0.05, 0) is 43.4 Å². The summed E-state index contributed by atoms with van der Waals surface area (Å²) in [6.07, 6.45) is 5.34. The Kier molecular flexibility index (Phi) is 4.85. The Labute approximate surface area is 102 Å². The molecule has 0 amide bonds. The van der Waals surface area contributed by atoms with Crippen molar-refractivity contribution in [2.75, 3.05) is 0 Å². The zero-order valence-corrected chi connectivity index (χ0v) is 12.1. The zero-order chi connectivity index (χ0) is 12.3. The van der Waals surface area contributed by atoms with E-state index in [9.17, 15) is 0 Å². The summed E-state index contributed by atoms with van der Waals surface area (Å²) in [5.74, 6) is 1.70. The van der Waals surface area contributed by atoms with Crippen molar-refractivity contribution in [2.45, 2.75) is 79.3 Å². The first-order valence-corrected chi connectivity index (χ1v) is 7.10. The van der Waals surface area contributed by atoms with Crippen molar-refractivity contribution in [3.63, 3.8) is 0 Å². The van der Waals surface area contributed by atoms with Crippen molar-refractivity contribution < 1.29 is 0 Å². The Morgan fingerprint density at radius 1 is 1.25 bits per heavy atom. The molecule has 0 spiro atoms. The van der Waals surface area contributed by atoms with E-state index < -0.39 is 0 Å². The molecule has 0 aromatic carbocycles. The third-order valence-electron chi connectivity index (χ3n) is 4.29. The van der Waals surface area contributed by atoms with E-state index in [1.165, 1.54) is 25.7 Å². The second-order valence-corrected chi connectivity index (χ2v) is 6.97. The smallest absolute Gasteiger partial charge is 0.0100 e. The van der Waals surface area contributed by atoms with Gasteiger partial charge in [-0.1, -0.05) is 41.0 Å². The standard InChI is InChI=1S/C15H31N/c1-7-11(2)8-13(4)16-14-10-15(5,6)9-12(14)3/h11-14,16H,7-10H2,1-6H3. The Morgan fingerprint density at radius 3 is 2.31 bits per heavy atom. The van der Waals surface area contributed by atoms with Crippen LogP contribution in [0.1, 0.15) is 67.2 Å². The van der Waals surface area contributed by atoms with Gasteiger partial charge in [-0.2, -0.15) is 0 Å². The molecule has 4 atom stereocenters. The molecule has 16 heavy (non-hydrogen) atoms. The van der Waals surface area contributed by atoms with Crippen molar-refractivity contribution in [1.29, 1.82) is 0 Å². The van der Waals surface area contributed by atoms with E-state index >= 15 is 0 Å². The summed E-state index contributed by atoms with van der Waals surface area (Å²) in [4.78, 5) is 0. The van der Waals surface area contributed by atoms with Crippen LogP contribution in [0.4, 0.5) is 0 Å². The molecule has 1 rings (SSSR count). The molecular formula is C15H31N. The lowest BCUT2D eigenvalue weighted by atomic mass is 9.91. The molecule has 1 aliphatic rings. The highest BCUT2D eigenvalue weighted by Gasteiger charge is 2.36. The average Bonchev–Trinajstić information content (AvgIpc) is 2.39. The van der Waals surface area contributed by atoms with Crippen LogP contribution in [0.3, 0.4) is 0 Å². The highest BCUT2D eigenvalue weighted by molar-refractivity contribution is 4.92. The van der Waals surface area contributed by atoms with Gasteiger partial charge in [-0.3, -0.25) is 0 Å². The fraction of sp³-hybridized carbons (Fsp3) is 1.00. The molecule has 96 valence electrons. The van der Waals surface area contributed by atoms with Crippen LogP contribution >= 0.6 is 0 Å². The third-order valence-corrected chi connectivity index (χ3v) is 4.29. The maximum atomic E-state index is 3.85. The minimum Gasteiger partial charge on any atom is -0.311 e. The second kappa shape index (κ2) is 5.53. The molecule has 1 N–H and O–H groups in total. The van der Waals surface area contributed by atoms with Gasteiger partial charge in [0, 0.05) is 12.1 Å². The van der Waals surface area contributed by atoms with Gasteiger partial charge in [0.25, 0.3) is 0 Å². The van der Waals surface area contributed by atoms with Crippen LogP contribution in [-0.4, -0.2) is 12.1 Å². The summed E-state index contributed by atoms with van der Waals surface area (Å²) in [5, 5.41) is 3.85. The molecule has 1 aliphatic carbocycles. The second-order valence-electron chi connectivity index (χ2n) is 6.97. The van der Waals surface area contributed by atoms with Crippen LogP contribution in [0, 0.1) is 17.3 Å². The Morgan fingerprint density at radius 2 is 1.88 bits per heavy atom. The molecule has 0 bridgehead atoms. The van der Waals surface area contributed by atoms with Gasteiger partial charge in [-0.15, -0.1) is 0 Å². The molecule has 0 heterocycles. The van der Waals surface area contributed by atoms with Gasteiger partial charge in [0.05, 0.1) is 0 Å². The van der Waals surface area contributed by atoms with Crippen LogP contribution < -0.4 is 5.32 Å². The minimum absolute atomic E-state index is 0.549. The van der Waals surface area contributed by atoms with Gasteiger partial charge in [0.1, 0.15) is 0 Å². The fourth-order valence-electron chi connectivity index (χ4n) is 3.32. The summed E-state index contributed by atoms with van der Waals surface area (Å²) in [6.45, 7) is 14.2. The maximum Gasteiger partial charge on any atom is 0.0100 e. The van der Waals surface area contributed by atoms with E-state index in [1.807, 2.05) is 0 Å². The summed E-state index contributed by atoms with van der Waals surface area (Å²) >= 11 is 0. The first-order valence-electron chi connectivity index (χ1n) is 7.10. The number of rotatable bonds is 5. The maximum absolute atomic E-state index is 3.85. The van der Waals surface area contributed by atoms with Crippen molar-refractivity contribution in [3.8, 4) is 0 Å². The Balaban J connectivity index is 2.37. The van der Waals surface area contributed by atoms with Crippen LogP contribution in [-0.2, 0) is 0 Å². The predicted octanol–water partition coefficient (Wildman–Crippen LogP) is 4.23. The van der Waals surface area contributed by atoms with E-state index in [-0.39, 0.29) is 0 Å².